The summed E-state index contributed by atoms with van der Waals surface area (Å²) in [6, 6.07) is -0.111. The maximum absolute atomic E-state index is 11.8. The first-order valence-electron chi connectivity index (χ1n) is 7.43. The Kier molecular flexibility index (Phi) is 5.01. The minimum atomic E-state index is -0.594. The van der Waals surface area contributed by atoms with Crippen molar-refractivity contribution in [3.8, 4) is 0 Å². The summed E-state index contributed by atoms with van der Waals surface area (Å²) in [6.07, 6.45) is 9.44. The lowest BCUT2D eigenvalue weighted by atomic mass is 9.94. The van der Waals surface area contributed by atoms with Gasteiger partial charge in [0.2, 0.25) is 5.91 Å². The number of hydrogen-bond acceptors (Lipinski definition) is 3. The monoisotopic (exact) mass is 254 g/mol. The van der Waals surface area contributed by atoms with Gasteiger partial charge in [0.1, 0.15) is 0 Å². The van der Waals surface area contributed by atoms with Gasteiger partial charge in [0, 0.05) is 13.1 Å². The first-order chi connectivity index (χ1) is 8.70. The summed E-state index contributed by atoms with van der Waals surface area (Å²) >= 11 is 0. The topological polar surface area (TPSA) is 61.4 Å². The molecule has 1 unspecified atom stereocenters. The van der Waals surface area contributed by atoms with Crippen LogP contribution in [0.15, 0.2) is 0 Å². The van der Waals surface area contributed by atoms with E-state index in [0.29, 0.717) is 6.54 Å². The Morgan fingerprint density at radius 2 is 1.89 bits per heavy atom. The molecule has 1 saturated carbocycles. The molecule has 2 aliphatic rings. The third kappa shape index (κ3) is 3.95. The number of rotatable bonds is 3. The van der Waals surface area contributed by atoms with Crippen molar-refractivity contribution >= 4 is 5.91 Å². The van der Waals surface area contributed by atoms with Crippen LogP contribution in [0.2, 0.25) is 0 Å². The highest BCUT2D eigenvalue weighted by Crippen LogP contribution is 2.26. The summed E-state index contributed by atoms with van der Waals surface area (Å²) in [5, 5.41) is 16.8. The van der Waals surface area contributed by atoms with Gasteiger partial charge in [0.15, 0.2) is 0 Å². The quantitative estimate of drug-likeness (QED) is 0.666. The highest BCUT2D eigenvalue weighted by atomic mass is 16.3. The maximum atomic E-state index is 11.8. The van der Waals surface area contributed by atoms with E-state index >= 15 is 0 Å². The zero-order valence-corrected chi connectivity index (χ0v) is 11.2. The summed E-state index contributed by atoms with van der Waals surface area (Å²) in [6.45, 7) is 1.35. The van der Waals surface area contributed by atoms with E-state index in [0.717, 1.165) is 51.5 Å². The number of aliphatic hydroxyl groups is 1. The van der Waals surface area contributed by atoms with Gasteiger partial charge >= 0.3 is 0 Å². The Morgan fingerprint density at radius 1 is 1.17 bits per heavy atom. The third-order valence-electron chi connectivity index (χ3n) is 4.25. The van der Waals surface area contributed by atoms with Crippen LogP contribution in [0.1, 0.15) is 57.8 Å². The first kappa shape index (κ1) is 13.8. The van der Waals surface area contributed by atoms with Crippen molar-refractivity contribution < 1.29 is 9.90 Å². The lowest BCUT2D eigenvalue weighted by Crippen LogP contribution is -2.49. The minimum absolute atomic E-state index is 0.102. The summed E-state index contributed by atoms with van der Waals surface area (Å²) in [4.78, 5) is 11.8. The Bertz CT molecular complexity index is 273. The van der Waals surface area contributed by atoms with E-state index in [9.17, 15) is 9.90 Å². The molecule has 2 fully saturated rings. The van der Waals surface area contributed by atoms with E-state index in [2.05, 4.69) is 10.6 Å². The maximum Gasteiger partial charge on any atom is 0.237 e. The molecule has 1 atom stereocenters. The van der Waals surface area contributed by atoms with Crippen LogP contribution < -0.4 is 10.6 Å². The molecule has 0 aromatic carbocycles. The van der Waals surface area contributed by atoms with Gasteiger partial charge in [-0.1, -0.05) is 25.7 Å². The SMILES string of the molecule is O=C1NCCCCC1NCC1(O)CCCCCC1. The van der Waals surface area contributed by atoms with Crippen molar-refractivity contribution in [3.05, 3.63) is 0 Å². The molecule has 0 radical (unpaired) electrons. The Labute approximate surface area is 110 Å². The highest BCUT2D eigenvalue weighted by Gasteiger charge is 2.30. The summed E-state index contributed by atoms with van der Waals surface area (Å²) in [5.41, 5.74) is -0.594. The van der Waals surface area contributed by atoms with E-state index in [1.54, 1.807) is 0 Å². The van der Waals surface area contributed by atoms with Crippen LogP contribution in [0, 0.1) is 0 Å². The van der Waals surface area contributed by atoms with E-state index in [4.69, 9.17) is 0 Å². The van der Waals surface area contributed by atoms with Gasteiger partial charge in [0.05, 0.1) is 11.6 Å². The van der Waals surface area contributed by atoms with Crippen molar-refractivity contribution in [1.29, 1.82) is 0 Å². The molecule has 0 aromatic rings. The van der Waals surface area contributed by atoms with Crippen molar-refractivity contribution in [2.24, 2.45) is 0 Å². The van der Waals surface area contributed by atoms with Gasteiger partial charge < -0.3 is 15.7 Å². The number of carbonyl (C=O) groups is 1. The average molecular weight is 254 g/mol. The molecule has 1 heterocycles. The van der Waals surface area contributed by atoms with E-state index in [-0.39, 0.29) is 11.9 Å². The molecule has 1 aliphatic heterocycles. The summed E-state index contributed by atoms with van der Waals surface area (Å²) < 4.78 is 0. The number of carbonyl (C=O) groups excluding carboxylic acids is 1. The van der Waals surface area contributed by atoms with Crippen molar-refractivity contribution in [2.45, 2.75) is 69.4 Å². The second-order valence-electron chi connectivity index (χ2n) is 5.86. The molecule has 3 N–H and O–H groups in total. The fourth-order valence-corrected chi connectivity index (χ4v) is 3.01. The second kappa shape index (κ2) is 6.53. The molecule has 1 aliphatic carbocycles. The van der Waals surface area contributed by atoms with Crippen LogP contribution in [0.25, 0.3) is 0 Å². The van der Waals surface area contributed by atoms with Gasteiger partial charge in [-0.15, -0.1) is 0 Å². The normalized spacial score (nSPS) is 29.2. The number of hydrogen-bond donors (Lipinski definition) is 3. The Balaban J connectivity index is 1.83. The predicted molar refractivity (Wildman–Crippen MR) is 71.3 cm³/mol. The molecule has 4 nitrogen and oxygen atoms in total. The lowest BCUT2D eigenvalue weighted by molar-refractivity contribution is -0.123. The van der Waals surface area contributed by atoms with Crippen LogP contribution in [0.5, 0.6) is 0 Å². The Hall–Kier alpha value is -0.610. The van der Waals surface area contributed by atoms with Gasteiger partial charge in [0.25, 0.3) is 0 Å². The smallest absolute Gasteiger partial charge is 0.237 e. The van der Waals surface area contributed by atoms with Crippen molar-refractivity contribution in [1.82, 2.24) is 10.6 Å². The largest absolute Gasteiger partial charge is 0.389 e. The number of nitrogens with one attached hydrogen (secondary N) is 2. The lowest BCUT2D eigenvalue weighted by Gasteiger charge is -2.29. The molecule has 0 aromatic heterocycles. The van der Waals surface area contributed by atoms with Gasteiger partial charge in [-0.25, -0.2) is 0 Å². The molecule has 4 heteroatoms. The molecule has 18 heavy (non-hydrogen) atoms. The van der Waals surface area contributed by atoms with E-state index < -0.39 is 5.60 Å². The fourth-order valence-electron chi connectivity index (χ4n) is 3.01. The molecule has 1 amide bonds. The van der Waals surface area contributed by atoms with Crippen LogP contribution in [-0.4, -0.2) is 35.7 Å². The molecule has 1 saturated heterocycles. The van der Waals surface area contributed by atoms with Gasteiger partial charge in [-0.2, -0.15) is 0 Å². The van der Waals surface area contributed by atoms with Crippen LogP contribution in [0.3, 0.4) is 0 Å². The summed E-state index contributed by atoms with van der Waals surface area (Å²) in [5.74, 6) is 0.102. The van der Waals surface area contributed by atoms with E-state index in [1.807, 2.05) is 0 Å². The molecule has 104 valence electrons. The highest BCUT2D eigenvalue weighted by molar-refractivity contribution is 5.81. The molecule has 0 bridgehead atoms. The van der Waals surface area contributed by atoms with Crippen molar-refractivity contribution in [3.63, 3.8) is 0 Å². The second-order valence-corrected chi connectivity index (χ2v) is 5.86. The fraction of sp³-hybridized carbons (Fsp3) is 0.929. The van der Waals surface area contributed by atoms with Crippen LogP contribution >= 0.6 is 0 Å². The van der Waals surface area contributed by atoms with Crippen molar-refractivity contribution in [2.75, 3.05) is 13.1 Å². The molecular formula is C14H26N2O2. The molecular weight excluding hydrogens is 228 g/mol. The average Bonchev–Trinajstić information content (AvgIpc) is 2.68. The number of amides is 1. The van der Waals surface area contributed by atoms with E-state index in [1.165, 1.54) is 12.8 Å². The molecule has 2 rings (SSSR count). The van der Waals surface area contributed by atoms with Crippen LogP contribution in [-0.2, 0) is 4.79 Å². The predicted octanol–water partition coefficient (Wildman–Crippen LogP) is 1.33. The first-order valence-corrected chi connectivity index (χ1v) is 7.43. The molecule has 0 spiro atoms. The third-order valence-corrected chi connectivity index (χ3v) is 4.25. The van der Waals surface area contributed by atoms with Gasteiger partial charge in [-0.05, 0) is 32.1 Å². The minimum Gasteiger partial charge on any atom is -0.389 e. The van der Waals surface area contributed by atoms with Crippen LogP contribution in [0.4, 0.5) is 0 Å². The van der Waals surface area contributed by atoms with Gasteiger partial charge in [-0.3, -0.25) is 4.79 Å². The zero-order chi connectivity index (χ0) is 12.8. The Morgan fingerprint density at radius 3 is 2.61 bits per heavy atom. The standard InChI is InChI=1S/C14H26N2O2/c17-13-12(7-3-6-10-15-13)16-11-14(18)8-4-1-2-5-9-14/h12,16,18H,1-11H2,(H,15,17). The zero-order valence-electron chi connectivity index (χ0n) is 11.2. The summed E-state index contributed by atoms with van der Waals surface area (Å²) in [7, 11) is 0.